The highest BCUT2D eigenvalue weighted by Gasteiger charge is 2.15. The van der Waals surface area contributed by atoms with Crippen LogP contribution in [-0.2, 0) is 0 Å². The van der Waals surface area contributed by atoms with Crippen LogP contribution in [0.15, 0.2) is 61.1 Å². The first-order chi connectivity index (χ1) is 13.1. The van der Waals surface area contributed by atoms with E-state index in [1.54, 1.807) is 42.7 Å². The van der Waals surface area contributed by atoms with Crippen molar-refractivity contribution in [1.29, 1.82) is 0 Å². The van der Waals surface area contributed by atoms with Gasteiger partial charge in [-0.15, -0.1) is 0 Å². The average Bonchev–Trinajstić information content (AvgIpc) is 3.16. The lowest BCUT2D eigenvalue weighted by Crippen LogP contribution is -2.13. The van der Waals surface area contributed by atoms with Crippen molar-refractivity contribution in [1.82, 2.24) is 15.0 Å². The molecule has 3 aromatic heterocycles. The number of amides is 1. The topological polar surface area (TPSA) is 79.9 Å². The Hall–Kier alpha value is -3.45. The zero-order valence-electron chi connectivity index (χ0n) is 13.7. The minimum atomic E-state index is -0.670. The van der Waals surface area contributed by atoms with E-state index in [1.807, 2.05) is 0 Å². The van der Waals surface area contributed by atoms with E-state index >= 15 is 0 Å². The Morgan fingerprint density at radius 3 is 2.81 bits per heavy atom. The van der Waals surface area contributed by atoms with Gasteiger partial charge in [0.15, 0.2) is 11.6 Å². The molecule has 27 heavy (non-hydrogen) atoms. The molecule has 0 spiro atoms. The highest BCUT2D eigenvalue weighted by molar-refractivity contribution is 6.34. The van der Waals surface area contributed by atoms with E-state index in [0.717, 1.165) is 6.07 Å². The summed E-state index contributed by atoms with van der Waals surface area (Å²) in [4.78, 5) is 23.2. The Balaban J connectivity index is 1.60. The average molecular weight is 383 g/mol. The van der Waals surface area contributed by atoms with Gasteiger partial charge in [0.25, 0.3) is 5.91 Å². The van der Waals surface area contributed by atoms with E-state index in [2.05, 4.69) is 20.3 Å². The van der Waals surface area contributed by atoms with Crippen molar-refractivity contribution in [3.05, 3.63) is 77.6 Å². The molecular weight excluding hydrogens is 371 g/mol. The van der Waals surface area contributed by atoms with Crippen molar-refractivity contribution in [2.75, 3.05) is 5.32 Å². The zero-order chi connectivity index (χ0) is 18.8. The quantitative estimate of drug-likeness (QED) is 0.531. The molecule has 2 N–H and O–H groups in total. The second-order valence-electron chi connectivity index (χ2n) is 5.58. The van der Waals surface area contributed by atoms with Crippen LogP contribution in [0.25, 0.3) is 11.0 Å². The van der Waals surface area contributed by atoms with E-state index in [1.165, 1.54) is 12.3 Å². The number of benzene rings is 1. The minimum Gasteiger partial charge on any atom is -0.453 e. The smallest absolute Gasteiger partial charge is 0.274 e. The van der Waals surface area contributed by atoms with Crippen LogP contribution >= 0.6 is 11.6 Å². The predicted octanol–water partition coefficient (Wildman–Crippen LogP) is 4.80. The summed E-state index contributed by atoms with van der Waals surface area (Å²) >= 11 is 6.20. The van der Waals surface area contributed by atoms with Crippen molar-refractivity contribution in [3.8, 4) is 11.5 Å². The lowest BCUT2D eigenvalue weighted by Gasteiger charge is -2.12. The lowest BCUT2D eigenvalue weighted by atomic mass is 10.2. The van der Waals surface area contributed by atoms with Crippen molar-refractivity contribution < 1.29 is 13.9 Å². The second kappa shape index (κ2) is 7.05. The highest BCUT2D eigenvalue weighted by atomic mass is 35.5. The summed E-state index contributed by atoms with van der Waals surface area (Å²) in [5.74, 6) is -0.795. The van der Waals surface area contributed by atoms with Gasteiger partial charge < -0.3 is 15.0 Å². The highest BCUT2D eigenvalue weighted by Crippen LogP contribution is 2.35. The molecule has 134 valence electrons. The number of aromatic nitrogens is 3. The molecule has 0 fully saturated rings. The summed E-state index contributed by atoms with van der Waals surface area (Å²) in [5, 5.41) is 3.38. The summed E-state index contributed by atoms with van der Waals surface area (Å²) in [6.45, 7) is 0. The largest absolute Gasteiger partial charge is 0.453 e. The van der Waals surface area contributed by atoms with Crippen LogP contribution in [0.2, 0.25) is 5.02 Å². The van der Waals surface area contributed by atoms with Crippen LogP contribution in [-0.4, -0.2) is 20.9 Å². The maximum atomic E-state index is 14.5. The van der Waals surface area contributed by atoms with Crippen LogP contribution in [0.5, 0.6) is 11.5 Å². The van der Waals surface area contributed by atoms with E-state index in [-0.39, 0.29) is 22.2 Å². The SMILES string of the molecule is O=C(Nc1cc(F)c(Oc2ccnc3[nH]ccc23)cc1Cl)c1ccccn1. The molecule has 0 saturated heterocycles. The maximum Gasteiger partial charge on any atom is 0.274 e. The number of carbonyl (C=O) groups is 1. The first-order valence-electron chi connectivity index (χ1n) is 7.93. The summed E-state index contributed by atoms with van der Waals surface area (Å²) in [6, 6.07) is 10.7. The minimum absolute atomic E-state index is 0.0652. The number of carbonyl (C=O) groups excluding carboxylic acids is 1. The van der Waals surface area contributed by atoms with Gasteiger partial charge in [0.1, 0.15) is 17.1 Å². The van der Waals surface area contributed by atoms with Gasteiger partial charge in [-0.05, 0) is 24.3 Å². The first kappa shape index (κ1) is 17.0. The first-order valence-corrected chi connectivity index (χ1v) is 8.31. The predicted molar refractivity (Wildman–Crippen MR) is 99.8 cm³/mol. The third-order valence-corrected chi connectivity index (χ3v) is 4.12. The van der Waals surface area contributed by atoms with E-state index in [4.69, 9.17) is 16.3 Å². The molecule has 0 aliphatic rings. The fourth-order valence-electron chi connectivity index (χ4n) is 2.53. The van der Waals surface area contributed by atoms with Crippen molar-refractivity contribution in [3.63, 3.8) is 0 Å². The van der Waals surface area contributed by atoms with Crippen LogP contribution in [0.1, 0.15) is 10.5 Å². The number of aromatic amines is 1. The van der Waals surface area contributed by atoms with Crippen molar-refractivity contribution in [2.24, 2.45) is 0 Å². The lowest BCUT2D eigenvalue weighted by molar-refractivity contribution is 0.102. The summed E-state index contributed by atoms with van der Waals surface area (Å²) in [5.41, 5.74) is 0.942. The number of hydrogen-bond donors (Lipinski definition) is 2. The summed E-state index contributed by atoms with van der Waals surface area (Å²) in [7, 11) is 0. The molecule has 0 saturated carbocycles. The third-order valence-electron chi connectivity index (χ3n) is 3.81. The van der Waals surface area contributed by atoms with Crippen molar-refractivity contribution in [2.45, 2.75) is 0 Å². The molecule has 1 aromatic carbocycles. The molecule has 0 atom stereocenters. The summed E-state index contributed by atoms with van der Waals surface area (Å²) in [6.07, 6.45) is 4.75. The number of nitrogens with one attached hydrogen (secondary N) is 2. The molecule has 8 heteroatoms. The number of nitrogens with zero attached hydrogens (tertiary/aromatic N) is 2. The standard InChI is InChI=1S/C19H12ClFN4O2/c20-12-9-17(27-16-5-8-24-18-11(16)4-7-23-18)13(21)10-15(12)25-19(26)14-3-1-2-6-22-14/h1-10H,(H,23,24)(H,25,26). The number of fused-ring (bicyclic) bond motifs is 1. The van der Waals surface area contributed by atoms with Crippen LogP contribution < -0.4 is 10.1 Å². The Morgan fingerprint density at radius 1 is 1.11 bits per heavy atom. The Labute approximate surface area is 158 Å². The zero-order valence-corrected chi connectivity index (χ0v) is 14.5. The molecule has 0 bridgehead atoms. The molecule has 0 aliphatic carbocycles. The number of halogens is 2. The Kier molecular flexibility index (Phi) is 4.43. The molecule has 0 radical (unpaired) electrons. The van der Waals surface area contributed by atoms with Gasteiger partial charge in [0, 0.05) is 30.7 Å². The van der Waals surface area contributed by atoms with E-state index in [0.29, 0.717) is 16.8 Å². The van der Waals surface area contributed by atoms with Gasteiger partial charge in [0.2, 0.25) is 0 Å². The fraction of sp³-hybridized carbons (Fsp3) is 0. The molecule has 4 rings (SSSR count). The molecule has 3 heterocycles. The van der Waals surface area contributed by atoms with Gasteiger partial charge in [-0.3, -0.25) is 9.78 Å². The Morgan fingerprint density at radius 2 is 2.00 bits per heavy atom. The van der Waals surface area contributed by atoms with Crippen LogP contribution in [0.3, 0.4) is 0 Å². The second-order valence-corrected chi connectivity index (χ2v) is 5.99. The molecule has 6 nitrogen and oxygen atoms in total. The van der Waals surface area contributed by atoms with Gasteiger partial charge in [0.05, 0.1) is 16.1 Å². The number of hydrogen-bond acceptors (Lipinski definition) is 4. The number of pyridine rings is 2. The van der Waals surface area contributed by atoms with E-state index in [9.17, 15) is 9.18 Å². The van der Waals surface area contributed by atoms with E-state index < -0.39 is 11.7 Å². The number of H-pyrrole nitrogens is 1. The van der Waals surface area contributed by atoms with Gasteiger partial charge >= 0.3 is 0 Å². The number of rotatable bonds is 4. The number of ether oxygens (including phenoxy) is 1. The van der Waals surface area contributed by atoms with Gasteiger partial charge in [-0.1, -0.05) is 17.7 Å². The normalized spacial score (nSPS) is 10.7. The monoisotopic (exact) mass is 382 g/mol. The van der Waals surface area contributed by atoms with Gasteiger partial charge in [-0.25, -0.2) is 9.37 Å². The molecule has 1 amide bonds. The Bertz CT molecular complexity index is 1130. The van der Waals surface area contributed by atoms with Crippen LogP contribution in [0, 0.1) is 5.82 Å². The molecular formula is C19H12ClFN4O2. The molecule has 0 unspecified atom stereocenters. The molecule has 4 aromatic rings. The van der Waals surface area contributed by atoms with Gasteiger partial charge in [-0.2, -0.15) is 0 Å². The van der Waals surface area contributed by atoms with Crippen molar-refractivity contribution >= 4 is 34.2 Å². The van der Waals surface area contributed by atoms with Crippen LogP contribution in [0.4, 0.5) is 10.1 Å². The summed E-state index contributed by atoms with van der Waals surface area (Å²) < 4.78 is 20.2. The number of anilines is 1. The third kappa shape index (κ3) is 3.45. The molecule has 0 aliphatic heterocycles. The fourth-order valence-corrected chi connectivity index (χ4v) is 2.73. The maximum absolute atomic E-state index is 14.5.